The maximum atomic E-state index is 13.7. The Hall–Kier alpha value is -4.21. The van der Waals surface area contributed by atoms with E-state index >= 15 is 0 Å². The van der Waals surface area contributed by atoms with E-state index in [1.165, 1.54) is 29.8 Å². The summed E-state index contributed by atoms with van der Waals surface area (Å²) < 4.78 is 10.4. The number of rotatable bonds is 6. The van der Waals surface area contributed by atoms with E-state index in [4.69, 9.17) is 20.2 Å². The van der Waals surface area contributed by atoms with Crippen molar-refractivity contribution in [1.82, 2.24) is 4.98 Å². The van der Waals surface area contributed by atoms with Gasteiger partial charge in [0.1, 0.15) is 20.5 Å². The van der Waals surface area contributed by atoms with Gasteiger partial charge in [0.2, 0.25) is 0 Å². The highest BCUT2D eigenvalue weighted by Crippen LogP contribution is 2.43. The molecule has 9 heteroatoms. The molecule has 5 aromatic rings. The van der Waals surface area contributed by atoms with Crippen molar-refractivity contribution in [3.05, 3.63) is 81.0 Å². The van der Waals surface area contributed by atoms with Crippen LogP contribution in [0.5, 0.6) is 5.75 Å². The van der Waals surface area contributed by atoms with Crippen LogP contribution < -0.4 is 15.8 Å². The normalized spacial score (nSPS) is 12.7. The molecule has 208 valence electrons. The Kier molecular flexibility index (Phi) is 7.23. The highest BCUT2D eigenvalue weighted by molar-refractivity contribution is 7.21. The zero-order chi connectivity index (χ0) is 28.7. The van der Waals surface area contributed by atoms with Crippen molar-refractivity contribution in [2.75, 3.05) is 25.3 Å². The second-order valence-corrected chi connectivity index (χ2v) is 12.1. The Balaban J connectivity index is 1.46. The minimum absolute atomic E-state index is 0.356. The number of thiophene rings is 2. The lowest BCUT2D eigenvalue weighted by Crippen LogP contribution is -2.15. The van der Waals surface area contributed by atoms with Crippen LogP contribution in [0.1, 0.15) is 48.9 Å². The first-order valence-corrected chi connectivity index (χ1v) is 15.0. The number of nitrogens with zero attached hydrogens (tertiary/aromatic N) is 1. The number of esters is 1. The fourth-order valence-corrected chi connectivity index (χ4v) is 7.58. The molecule has 7 nitrogen and oxygen atoms in total. The molecule has 1 amide bonds. The zero-order valence-electron chi connectivity index (χ0n) is 23.0. The summed E-state index contributed by atoms with van der Waals surface area (Å²) in [6.07, 6.45) is 3.76. The van der Waals surface area contributed by atoms with Gasteiger partial charge in [0.15, 0.2) is 0 Å². The van der Waals surface area contributed by atoms with Crippen LogP contribution in [0.2, 0.25) is 0 Å². The number of nitrogens with two attached hydrogens (primary N) is 1. The van der Waals surface area contributed by atoms with E-state index in [1.54, 1.807) is 7.11 Å². The summed E-state index contributed by atoms with van der Waals surface area (Å²) in [6, 6.07) is 17.9. The number of carbonyl (C=O) groups is 2. The first kappa shape index (κ1) is 27.0. The topological polar surface area (TPSA) is 104 Å². The number of amides is 1. The smallest absolute Gasteiger partial charge is 0.341 e. The summed E-state index contributed by atoms with van der Waals surface area (Å²) in [7, 11) is 3.00. The quantitative estimate of drug-likeness (QED) is 0.201. The molecule has 0 saturated carbocycles. The second-order valence-electron chi connectivity index (χ2n) is 10.0. The van der Waals surface area contributed by atoms with E-state index in [1.807, 2.05) is 37.3 Å². The van der Waals surface area contributed by atoms with Gasteiger partial charge in [-0.25, -0.2) is 9.78 Å². The summed E-state index contributed by atoms with van der Waals surface area (Å²) >= 11 is 2.70. The van der Waals surface area contributed by atoms with Crippen molar-refractivity contribution in [2.45, 2.75) is 32.6 Å². The van der Waals surface area contributed by atoms with Crippen LogP contribution in [-0.2, 0) is 17.6 Å². The first-order chi connectivity index (χ1) is 19.9. The van der Waals surface area contributed by atoms with Gasteiger partial charge in [-0.2, -0.15) is 0 Å². The molecule has 0 bridgehead atoms. The van der Waals surface area contributed by atoms with Gasteiger partial charge in [-0.05, 0) is 79.6 Å². The van der Waals surface area contributed by atoms with Crippen molar-refractivity contribution in [3.8, 4) is 28.1 Å². The van der Waals surface area contributed by atoms with Gasteiger partial charge in [0, 0.05) is 15.8 Å². The lowest BCUT2D eigenvalue weighted by Gasteiger charge is -2.11. The third kappa shape index (κ3) is 4.96. The fraction of sp³-hybridized carbons (Fsp3) is 0.219. The Bertz CT molecular complexity index is 1790. The number of pyridine rings is 1. The van der Waals surface area contributed by atoms with E-state index in [9.17, 15) is 9.59 Å². The summed E-state index contributed by atoms with van der Waals surface area (Å²) in [5.74, 6) is -0.0407. The van der Waals surface area contributed by atoms with Crippen LogP contribution in [0, 0.1) is 6.92 Å². The average molecular weight is 584 g/mol. The molecule has 41 heavy (non-hydrogen) atoms. The Morgan fingerprint density at radius 3 is 2.37 bits per heavy atom. The van der Waals surface area contributed by atoms with Crippen LogP contribution >= 0.6 is 22.7 Å². The SMILES string of the molecule is COC(=O)c1c(NC(=O)c2sc3nc(-c4ccc(OC)cc4)cc(-c4ccc(C)cc4)c3c2N)sc2c1CCCC2. The van der Waals surface area contributed by atoms with E-state index in [0.29, 0.717) is 26.0 Å². The third-order valence-electron chi connectivity index (χ3n) is 7.44. The maximum absolute atomic E-state index is 13.7. The van der Waals surface area contributed by atoms with Crippen LogP contribution in [-0.4, -0.2) is 31.1 Å². The number of benzene rings is 2. The minimum atomic E-state index is -0.434. The lowest BCUT2D eigenvalue weighted by atomic mass is 9.95. The highest BCUT2D eigenvalue weighted by atomic mass is 32.1. The number of fused-ring (bicyclic) bond motifs is 2. The fourth-order valence-electron chi connectivity index (χ4n) is 5.29. The molecule has 0 radical (unpaired) electrons. The molecule has 6 rings (SSSR count). The van der Waals surface area contributed by atoms with Crippen LogP contribution in [0.3, 0.4) is 0 Å². The van der Waals surface area contributed by atoms with Crippen molar-refractivity contribution < 1.29 is 19.1 Å². The molecule has 0 saturated heterocycles. The van der Waals surface area contributed by atoms with Crippen molar-refractivity contribution in [3.63, 3.8) is 0 Å². The molecular formula is C32H29N3O4S2. The average Bonchev–Trinajstić information content (AvgIpc) is 3.53. The number of hydrogen-bond donors (Lipinski definition) is 2. The van der Waals surface area contributed by atoms with E-state index in [2.05, 4.69) is 29.6 Å². The van der Waals surface area contributed by atoms with E-state index in [-0.39, 0.29) is 5.91 Å². The molecule has 0 aliphatic heterocycles. The molecule has 3 aromatic heterocycles. The molecule has 3 heterocycles. The highest BCUT2D eigenvalue weighted by Gasteiger charge is 2.29. The standard InChI is InChI=1S/C32H29N3O4S2/c1-17-8-10-18(11-9-17)22-16-23(19-12-14-20(38-2)15-13-19)34-30-25(22)27(33)28(41-30)29(36)35-31-26(32(37)39-3)21-6-4-5-7-24(21)40-31/h8-16H,4-7,33H2,1-3H3,(H,35,36). The van der Waals surface area contributed by atoms with Gasteiger partial charge in [0.05, 0.1) is 31.2 Å². The molecule has 0 atom stereocenters. The largest absolute Gasteiger partial charge is 0.497 e. The molecule has 3 N–H and O–H groups in total. The Labute approximate surface area is 246 Å². The molecule has 1 aliphatic rings. The van der Waals surface area contributed by atoms with Crippen LogP contribution in [0.25, 0.3) is 32.6 Å². The number of ether oxygens (including phenoxy) is 2. The number of nitrogen functional groups attached to an aromatic ring is 1. The number of anilines is 2. The predicted molar refractivity (Wildman–Crippen MR) is 166 cm³/mol. The van der Waals surface area contributed by atoms with Gasteiger partial charge in [0.25, 0.3) is 5.91 Å². The Morgan fingerprint density at radius 1 is 0.951 bits per heavy atom. The van der Waals surface area contributed by atoms with E-state index < -0.39 is 5.97 Å². The minimum Gasteiger partial charge on any atom is -0.497 e. The van der Waals surface area contributed by atoms with Gasteiger partial charge in [-0.15, -0.1) is 22.7 Å². The number of aryl methyl sites for hydroxylation is 2. The van der Waals surface area contributed by atoms with Crippen LogP contribution in [0.4, 0.5) is 10.7 Å². The summed E-state index contributed by atoms with van der Waals surface area (Å²) in [5.41, 5.74) is 13.2. The van der Waals surface area contributed by atoms with Gasteiger partial charge in [-0.3, -0.25) is 4.79 Å². The zero-order valence-corrected chi connectivity index (χ0v) is 24.6. The summed E-state index contributed by atoms with van der Waals surface area (Å²) in [5, 5.41) is 4.24. The number of nitrogens with one attached hydrogen (secondary N) is 1. The van der Waals surface area contributed by atoms with Gasteiger partial charge >= 0.3 is 5.97 Å². The maximum Gasteiger partial charge on any atom is 0.341 e. The molecule has 0 unspecified atom stereocenters. The molecular weight excluding hydrogens is 555 g/mol. The molecule has 0 spiro atoms. The van der Waals surface area contributed by atoms with Crippen molar-refractivity contribution in [2.24, 2.45) is 0 Å². The second kappa shape index (κ2) is 11.0. The first-order valence-electron chi connectivity index (χ1n) is 13.4. The van der Waals surface area contributed by atoms with Crippen molar-refractivity contribution >= 4 is 55.5 Å². The van der Waals surface area contributed by atoms with E-state index in [0.717, 1.165) is 75.2 Å². The lowest BCUT2D eigenvalue weighted by molar-refractivity contribution is 0.0601. The van der Waals surface area contributed by atoms with Crippen molar-refractivity contribution in [1.29, 1.82) is 0 Å². The number of aromatic nitrogens is 1. The predicted octanol–water partition coefficient (Wildman–Crippen LogP) is 7.51. The molecule has 2 aromatic carbocycles. The van der Waals surface area contributed by atoms with Gasteiger partial charge in [-0.1, -0.05) is 29.8 Å². The number of carbonyl (C=O) groups excluding carboxylic acids is 2. The number of hydrogen-bond acceptors (Lipinski definition) is 8. The molecule has 0 fully saturated rings. The summed E-state index contributed by atoms with van der Waals surface area (Å²) in [6.45, 7) is 2.04. The third-order valence-corrected chi connectivity index (χ3v) is 9.75. The van der Waals surface area contributed by atoms with Crippen LogP contribution in [0.15, 0.2) is 54.6 Å². The Morgan fingerprint density at radius 2 is 1.66 bits per heavy atom. The summed E-state index contributed by atoms with van der Waals surface area (Å²) in [4.78, 5) is 33.5. The number of methoxy groups -OCH3 is 2. The van der Waals surface area contributed by atoms with Gasteiger partial charge < -0.3 is 20.5 Å². The monoisotopic (exact) mass is 583 g/mol. The molecule has 1 aliphatic carbocycles.